The van der Waals surface area contributed by atoms with Crippen LogP contribution in [0.25, 0.3) is 0 Å². The number of hydrogen-bond donors (Lipinski definition) is 2. The van der Waals surface area contributed by atoms with E-state index >= 15 is 0 Å². The van der Waals surface area contributed by atoms with E-state index in [1.54, 1.807) is 32.6 Å². The van der Waals surface area contributed by atoms with Crippen molar-refractivity contribution in [1.29, 1.82) is 0 Å². The zero-order valence-corrected chi connectivity index (χ0v) is 18.4. The van der Waals surface area contributed by atoms with Gasteiger partial charge in [-0.25, -0.2) is 0 Å². The number of benzene rings is 1. The van der Waals surface area contributed by atoms with Crippen LogP contribution in [0.3, 0.4) is 0 Å². The zero-order chi connectivity index (χ0) is 20.6. The molecule has 0 amide bonds. The maximum Gasteiger partial charge on any atom is 0.203 e. The van der Waals surface area contributed by atoms with Gasteiger partial charge < -0.3 is 24.8 Å². The van der Waals surface area contributed by atoms with E-state index in [4.69, 9.17) is 14.2 Å². The normalized spacial score (nSPS) is 11.9. The fourth-order valence-electron chi connectivity index (χ4n) is 2.78. The molecule has 2 aromatic rings. The first-order chi connectivity index (χ1) is 13.4. The second kappa shape index (κ2) is 10.2. The van der Waals surface area contributed by atoms with Crippen LogP contribution < -0.4 is 24.8 Å². The second-order valence-electron chi connectivity index (χ2n) is 6.90. The number of ether oxygens (including phenoxy) is 3. The zero-order valence-electron chi connectivity index (χ0n) is 17.6. The highest BCUT2D eigenvalue weighted by atomic mass is 32.1. The Morgan fingerprint density at radius 1 is 1.14 bits per heavy atom. The lowest BCUT2D eigenvalue weighted by Crippen LogP contribution is -2.42. The molecule has 0 atom stereocenters. The van der Waals surface area contributed by atoms with Gasteiger partial charge in [0, 0.05) is 30.4 Å². The van der Waals surface area contributed by atoms with Gasteiger partial charge in [-0.2, -0.15) is 0 Å². The standard InChI is InChI=1S/C21H31N3O3S/c1-7-27-19-16(25-5)11-15(12-17(19)26-6)13-23-20(22-4)24-14-21(2,3)18-9-8-10-28-18/h8-12H,7,13-14H2,1-6H3,(H2,22,23,24). The molecule has 0 saturated carbocycles. The highest BCUT2D eigenvalue weighted by Crippen LogP contribution is 2.38. The van der Waals surface area contributed by atoms with Gasteiger partial charge in [-0.15, -0.1) is 11.3 Å². The largest absolute Gasteiger partial charge is 0.493 e. The quantitative estimate of drug-likeness (QED) is 0.491. The molecule has 0 bridgehead atoms. The predicted molar refractivity (Wildman–Crippen MR) is 116 cm³/mol. The molecule has 6 nitrogen and oxygen atoms in total. The minimum Gasteiger partial charge on any atom is -0.493 e. The van der Waals surface area contributed by atoms with Crippen LogP contribution in [0.5, 0.6) is 17.2 Å². The topological polar surface area (TPSA) is 64.1 Å². The Balaban J connectivity index is 2.03. The lowest BCUT2D eigenvalue weighted by atomic mass is 9.91. The molecule has 28 heavy (non-hydrogen) atoms. The highest BCUT2D eigenvalue weighted by molar-refractivity contribution is 7.10. The van der Waals surface area contributed by atoms with Crippen molar-refractivity contribution in [3.05, 3.63) is 40.1 Å². The van der Waals surface area contributed by atoms with Gasteiger partial charge in [0.15, 0.2) is 17.5 Å². The van der Waals surface area contributed by atoms with Crippen molar-refractivity contribution in [2.24, 2.45) is 4.99 Å². The Bertz CT molecular complexity index is 748. The monoisotopic (exact) mass is 405 g/mol. The van der Waals surface area contributed by atoms with Crippen molar-refractivity contribution in [1.82, 2.24) is 10.6 Å². The molecule has 1 aromatic heterocycles. The Labute approximate surface area is 171 Å². The van der Waals surface area contributed by atoms with Crippen LogP contribution >= 0.6 is 11.3 Å². The second-order valence-corrected chi connectivity index (χ2v) is 7.85. The van der Waals surface area contributed by atoms with Crippen LogP contribution in [0.1, 0.15) is 31.2 Å². The third kappa shape index (κ3) is 5.55. The number of rotatable bonds is 9. The molecule has 0 saturated heterocycles. The Hall–Kier alpha value is -2.41. The molecule has 2 rings (SSSR count). The van der Waals surface area contributed by atoms with Gasteiger partial charge >= 0.3 is 0 Å². The molecule has 0 unspecified atom stereocenters. The van der Waals surface area contributed by atoms with E-state index in [1.165, 1.54) is 4.88 Å². The molecule has 0 aliphatic heterocycles. The summed E-state index contributed by atoms with van der Waals surface area (Å²) in [7, 11) is 5.02. The van der Waals surface area contributed by atoms with Crippen LogP contribution in [0.4, 0.5) is 0 Å². The number of nitrogens with zero attached hydrogens (tertiary/aromatic N) is 1. The summed E-state index contributed by atoms with van der Waals surface area (Å²) in [5, 5.41) is 8.87. The van der Waals surface area contributed by atoms with E-state index in [0.717, 1.165) is 18.1 Å². The molecule has 154 valence electrons. The first-order valence-corrected chi connectivity index (χ1v) is 10.2. The number of thiophene rings is 1. The SMILES string of the molecule is CCOc1c(OC)cc(CNC(=NC)NCC(C)(C)c2cccs2)cc1OC. The predicted octanol–water partition coefficient (Wildman–Crippen LogP) is 3.81. The average Bonchev–Trinajstić information content (AvgIpc) is 3.24. The van der Waals surface area contributed by atoms with Gasteiger partial charge in [0.25, 0.3) is 0 Å². The summed E-state index contributed by atoms with van der Waals surface area (Å²) in [6.45, 7) is 8.28. The maximum absolute atomic E-state index is 5.66. The van der Waals surface area contributed by atoms with Gasteiger partial charge in [0.2, 0.25) is 5.75 Å². The Morgan fingerprint density at radius 3 is 2.32 bits per heavy atom. The molecule has 1 heterocycles. The number of nitrogens with one attached hydrogen (secondary N) is 2. The van der Waals surface area contributed by atoms with Crippen molar-refractivity contribution in [2.75, 3.05) is 34.4 Å². The Morgan fingerprint density at radius 2 is 1.82 bits per heavy atom. The van der Waals surface area contributed by atoms with Crippen molar-refractivity contribution < 1.29 is 14.2 Å². The van der Waals surface area contributed by atoms with E-state index in [9.17, 15) is 0 Å². The molecule has 1 aromatic carbocycles. The fraction of sp³-hybridized carbons (Fsp3) is 0.476. The van der Waals surface area contributed by atoms with Crippen LogP contribution in [0.2, 0.25) is 0 Å². The van der Waals surface area contributed by atoms with E-state index in [2.05, 4.69) is 47.0 Å². The van der Waals surface area contributed by atoms with Crippen molar-refractivity contribution in [2.45, 2.75) is 32.7 Å². The smallest absolute Gasteiger partial charge is 0.203 e. The van der Waals surface area contributed by atoms with Crippen LogP contribution in [-0.4, -0.2) is 40.4 Å². The lowest BCUT2D eigenvalue weighted by molar-refractivity contribution is 0.288. The molecule has 0 fully saturated rings. The van der Waals surface area contributed by atoms with E-state index < -0.39 is 0 Å². The van der Waals surface area contributed by atoms with Gasteiger partial charge in [-0.3, -0.25) is 4.99 Å². The van der Waals surface area contributed by atoms with Crippen LogP contribution in [0, 0.1) is 0 Å². The third-order valence-corrected chi connectivity index (χ3v) is 5.61. The number of guanidine groups is 1. The van der Waals surface area contributed by atoms with E-state index in [-0.39, 0.29) is 5.41 Å². The molecular formula is C21H31N3O3S. The van der Waals surface area contributed by atoms with Gasteiger partial charge in [-0.05, 0) is 36.1 Å². The van der Waals surface area contributed by atoms with Crippen LogP contribution in [-0.2, 0) is 12.0 Å². The minimum absolute atomic E-state index is 0.0252. The Kier molecular flexibility index (Phi) is 7.99. The summed E-state index contributed by atoms with van der Waals surface area (Å²) >= 11 is 1.77. The van der Waals surface area contributed by atoms with Crippen molar-refractivity contribution >= 4 is 17.3 Å². The summed E-state index contributed by atoms with van der Waals surface area (Å²) in [4.78, 5) is 5.67. The minimum atomic E-state index is 0.0252. The third-order valence-electron chi connectivity index (χ3n) is 4.38. The summed E-state index contributed by atoms with van der Waals surface area (Å²) < 4.78 is 16.6. The summed E-state index contributed by atoms with van der Waals surface area (Å²) in [5.74, 6) is 2.67. The molecule has 7 heteroatoms. The number of methoxy groups -OCH3 is 2. The molecule has 0 spiro atoms. The van der Waals surface area contributed by atoms with Gasteiger partial charge in [0.05, 0.1) is 20.8 Å². The summed E-state index contributed by atoms with van der Waals surface area (Å²) in [6.07, 6.45) is 0. The van der Waals surface area contributed by atoms with E-state index in [0.29, 0.717) is 30.4 Å². The maximum atomic E-state index is 5.66. The number of aliphatic imine (C=N–C) groups is 1. The summed E-state index contributed by atoms with van der Waals surface area (Å²) in [5.41, 5.74) is 1.04. The summed E-state index contributed by atoms with van der Waals surface area (Å²) in [6, 6.07) is 8.15. The first-order valence-electron chi connectivity index (χ1n) is 9.31. The average molecular weight is 406 g/mol. The first kappa shape index (κ1) is 21.9. The number of hydrogen-bond acceptors (Lipinski definition) is 5. The van der Waals surface area contributed by atoms with Gasteiger partial charge in [-0.1, -0.05) is 19.9 Å². The molecule has 0 aliphatic rings. The fourth-order valence-corrected chi connectivity index (χ4v) is 3.64. The van der Waals surface area contributed by atoms with Crippen molar-refractivity contribution in [3.63, 3.8) is 0 Å². The molecule has 2 N–H and O–H groups in total. The van der Waals surface area contributed by atoms with E-state index in [1.807, 2.05) is 19.1 Å². The lowest BCUT2D eigenvalue weighted by Gasteiger charge is -2.25. The van der Waals surface area contributed by atoms with Gasteiger partial charge in [0.1, 0.15) is 0 Å². The highest BCUT2D eigenvalue weighted by Gasteiger charge is 2.22. The molecule has 0 aliphatic carbocycles. The molecular weight excluding hydrogens is 374 g/mol. The van der Waals surface area contributed by atoms with Crippen LogP contribution in [0.15, 0.2) is 34.6 Å². The van der Waals surface area contributed by atoms with Crippen molar-refractivity contribution in [3.8, 4) is 17.2 Å². The molecule has 0 radical (unpaired) electrons.